The number of fused-ring (bicyclic) bond motifs is 1. The van der Waals surface area contributed by atoms with Gasteiger partial charge in [0.25, 0.3) is 0 Å². The number of hydrogen-bond donors (Lipinski definition) is 2. The van der Waals surface area contributed by atoms with Crippen molar-refractivity contribution in [3.05, 3.63) is 59.5 Å². The van der Waals surface area contributed by atoms with Crippen LogP contribution in [-0.4, -0.2) is 52.8 Å². The maximum atomic E-state index is 6.41. The van der Waals surface area contributed by atoms with Crippen molar-refractivity contribution in [2.45, 2.75) is 38.6 Å². The molecule has 2 N–H and O–H groups in total. The Kier molecular flexibility index (Phi) is 7.25. The zero-order valence-electron chi connectivity index (χ0n) is 18.0. The number of para-hydroxylation sites is 1. The van der Waals surface area contributed by atoms with Crippen LogP contribution in [0.25, 0.3) is 5.65 Å². The summed E-state index contributed by atoms with van der Waals surface area (Å²) < 4.78 is 2.04. The second kappa shape index (κ2) is 10.5. The molecule has 1 unspecified atom stereocenters. The maximum absolute atomic E-state index is 6.41. The van der Waals surface area contributed by atoms with E-state index in [1.54, 1.807) is 0 Å². The Balaban J connectivity index is 1.32. The molecular formula is C23H30ClN7. The molecule has 0 aliphatic carbocycles. The number of nitrogens with zero attached hydrogens (tertiary/aromatic N) is 5. The zero-order valence-corrected chi connectivity index (χ0v) is 18.7. The van der Waals surface area contributed by atoms with Crippen molar-refractivity contribution < 1.29 is 0 Å². The first-order chi connectivity index (χ1) is 15.2. The molecule has 3 heterocycles. The number of aryl methyl sites for hydroxylation is 1. The number of rotatable bonds is 7. The Morgan fingerprint density at radius 2 is 2.06 bits per heavy atom. The standard InChI is InChI=1S/C23H30ClN7/c1-2-25-23(26-14-7-13-22-29-28-21-12-5-6-16-31(21)22)27-18-9-8-15-30(17-18)20-11-4-3-10-19(20)24/h3-6,10-12,16,18H,2,7-9,13-15,17H2,1H3,(H2,25,26,27). The van der Waals surface area contributed by atoms with Gasteiger partial charge in [-0.15, -0.1) is 10.2 Å². The first-order valence-electron chi connectivity index (χ1n) is 11.1. The summed E-state index contributed by atoms with van der Waals surface area (Å²) in [6, 6.07) is 14.4. The molecule has 1 aliphatic heterocycles. The van der Waals surface area contributed by atoms with E-state index >= 15 is 0 Å². The molecule has 0 bridgehead atoms. The molecule has 164 valence electrons. The molecule has 1 saturated heterocycles. The van der Waals surface area contributed by atoms with Gasteiger partial charge in [-0.3, -0.25) is 9.39 Å². The lowest BCUT2D eigenvalue weighted by atomic mass is 10.0. The lowest BCUT2D eigenvalue weighted by molar-refractivity contribution is 0.468. The van der Waals surface area contributed by atoms with Gasteiger partial charge < -0.3 is 15.5 Å². The van der Waals surface area contributed by atoms with Gasteiger partial charge in [-0.1, -0.05) is 29.8 Å². The average molecular weight is 440 g/mol. The second-order valence-corrected chi connectivity index (χ2v) is 8.20. The molecule has 2 aromatic heterocycles. The van der Waals surface area contributed by atoms with E-state index < -0.39 is 0 Å². The SMILES string of the molecule is CCNC(=NCCCc1nnc2ccccn12)NC1CCCN(c2ccccc2Cl)C1. The van der Waals surface area contributed by atoms with Gasteiger partial charge in [0.05, 0.1) is 10.7 Å². The smallest absolute Gasteiger partial charge is 0.191 e. The second-order valence-electron chi connectivity index (χ2n) is 7.79. The molecule has 1 atom stereocenters. The lowest BCUT2D eigenvalue weighted by Gasteiger charge is -2.35. The highest BCUT2D eigenvalue weighted by atomic mass is 35.5. The number of hydrogen-bond acceptors (Lipinski definition) is 4. The van der Waals surface area contributed by atoms with Crippen LogP contribution in [0.15, 0.2) is 53.7 Å². The minimum atomic E-state index is 0.336. The molecule has 0 amide bonds. The summed E-state index contributed by atoms with van der Waals surface area (Å²) in [7, 11) is 0. The van der Waals surface area contributed by atoms with Gasteiger partial charge in [0, 0.05) is 44.8 Å². The minimum Gasteiger partial charge on any atom is -0.368 e. The Morgan fingerprint density at radius 3 is 2.94 bits per heavy atom. The normalized spacial score (nSPS) is 17.2. The summed E-state index contributed by atoms with van der Waals surface area (Å²) in [4.78, 5) is 7.16. The fraction of sp³-hybridized carbons (Fsp3) is 0.435. The van der Waals surface area contributed by atoms with Crippen LogP contribution in [0, 0.1) is 0 Å². The van der Waals surface area contributed by atoms with Gasteiger partial charge in [0.15, 0.2) is 11.6 Å². The van der Waals surface area contributed by atoms with E-state index in [2.05, 4.69) is 38.7 Å². The number of aromatic nitrogens is 3. The molecule has 8 heteroatoms. The molecule has 1 aliphatic rings. The Morgan fingerprint density at radius 1 is 1.19 bits per heavy atom. The molecule has 0 saturated carbocycles. The monoisotopic (exact) mass is 439 g/mol. The van der Waals surface area contributed by atoms with E-state index in [0.717, 1.165) is 80.0 Å². The number of piperidine rings is 1. The summed E-state index contributed by atoms with van der Waals surface area (Å²) in [6.07, 6.45) is 6.02. The molecule has 1 fully saturated rings. The molecule has 0 spiro atoms. The van der Waals surface area contributed by atoms with E-state index in [0.29, 0.717) is 6.04 Å². The summed E-state index contributed by atoms with van der Waals surface area (Å²) in [5.41, 5.74) is 1.99. The highest BCUT2D eigenvalue weighted by Gasteiger charge is 2.22. The number of anilines is 1. The van der Waals surface area contributed by atoms with Gasteiger partial charge in [-0.25, -0.2) is 0 Å². The number of halogens is 1. The predicted molar refractivity (Wildman–Crippen MR) is 127 cm³/mol. The molecule has 4 rings (SSSR count). The summed E-state index contributed by atoms with van der Waals surface area (Å²) in [5, 5.41) is 16.3. The molecule has 31 heavy (non-hydrogen) atoms. The van der Waals surface area contributed by atoms with Crippen molar-refractivity contribution in [1.29, 1.82) is 0 Å². The molecule has 1 aromatic carbocycles. The molecule has 7 nitrogen and oxygen atoms in total. The van der Waals surface area contributed by atoms with Crippen molar-refractivity contribution >= 4 is 28.9 Å². The van der Waals surface area contributed by atoms with E-state index in [1.165, 1.54) is 0 Å². The minimum absolute atomic E-state index is 0.336. The Labute approximate surface area is 188 Å². The van der Waals surface area contributed by atoms with Crippen LogP contribution in [0.4, 0.5) is 5.69 Å². The van der Waals surface area contributed by atoms with E-state index in [9.17, 15) is 0 Å². The summed E-state index contributed by atoms with van der Waals surface area (Å²) in [6.45, 7) is 5.61. The van der Waals surface area contributed by atoms with Crippen LogP contribution in [0.2, 0.25) is 5.02 Å². The number of nitrogens with one attached hydrogen (secondary N) is 2. The third-order valence-corrected chi connectivity index (χ3v) is 5.83. The number of guanidine groups is 1. The zero-order chi connectivity index (χ0) is 21.5. The van der Waals surface area contributed by atoms with Crippen LogP contribution in [0.3, 0.4) is 0 Å². The van der Waals surface area contributed by atoms with Crippen LogP contribution in [0.5, 0.6) is 0 Å². The predicted octanol–water partition coefficient (Wildman–Crippen LogP) is 3.54. The van der Waals surface area contributed by atoms with Gasteiger partial charge in [0.1, 0.15) is 5.82 Å². The first kappa shape index (κ1) is 21.4. The third kappa shape index (κ3) is 5.47. The molecule has 0 radical (unpaired) electrons. The van der Waals surface area contributed by atoms with Crippen molar-refractivity contribution in [3.63, 3.8) is 0 Å². The fourth-order valence-corrected chi connectivity index (χ4v) is 4.28. The highest BCUT2D eigenvalue weighted by Crippen LogP contribution is 2.27. The van der Waals surface area contributed by atoms with Crippen molar-refractivity contribution in [1.82, 2.24) is 25.2 Å². The first-order valence-corrected chi connectivity index (χ1v) is 11.5. The highest BCUT2D eigenvalue weighted by molar-refractivity contribution is 6.33. The van der Waals surface area contributed by atoms with Gasteiger partial charge in [-0.2, -0.15) is 0 Å². The Hall–Kier alpha value is -2.80. The van der Waals surface area contributed by atoms with Crippen LogP contribution >= 0.6 is 11.6 Å². The van der Waals surface area contributed by atoms with Crippen molar-refractivity contribution in [2.24, 2.45) is 4.99 Å². The topological polar surface area (TPSA) is 69.8 Å². The summed E-state index contributed by atoms with van der Waals surface area (Å²) in [5.74, 6) is 1.85. The quantitative estimate of drug-likeness (QED) is 0.335. The van der Waals surface area contributed by atoms with Crippen molar-refractivity contribution in [3.8, 4) is 0 Å². The fourth-order valence-electron chi connectivity index (χ4n) is 4.02. The van der Waals surface area contributed by atoms with E-state index in [1.807, 2.05) is 47.0 Å². The van der Waals surface area contributed by atoms with Crippen LogP contribution in [0.1, 0.15) is 32.0 Å². The maximum Gasteiger partial charge on any atom is 0.191 e. The van der Waals surface area contributed by atoms with Crippen molar-refractivity contribution in [2.75, 3.05) is 31.1 Å². The van der Waals surface area contributed by atoms with Gasteiger partial charge >= 0.3 is 0 Å². The molecule has 3 aromatic rings. The average Bonchev–Trinajstić information content (AvgIpc) is 3.20. The van der Waals surface area contributed by atoms with Gasteiger partial charge in [-0.05, 0) is 50.5 Å². The Bertz CT molecular complexity index is 1020. The number of benzene rings is 1. The molecular weight excluding hydrogens is 410 g/mol. The third-order valence-electron chi connectivity index (χ3n) is 5.51. The number of aliphatic imine (C=N–C) groups is 1. The lowest BCUT2D eigenvalue weighted by Crippen LogP contribution is -2.51. The number of pyridine rings is 1. The summed E-state index contributed by atoms with van der Waals surface area (Å²) >= 11 is 6.41. The van der Waals surface area contributed by atoms with Gasteiger partial charge in [0.2, 0.25) is 0 Å². The van der Waals surface area contributed by atoms with Crippen LogP contribution < -0.4 is 15.5 Å². The largest absolute Gasteiger partial charge is 0.368 e. The van der Waals surface area contributed by atoms with E-state index in [-0.39, 0.29) is 0 Å². The van der Waals surface area contributed by atoms with Crippen LogP contribution in [-0.2, 0) is 6.42 Å². The van der Waals surface area contributed by atoms with E-state index in [4.69, 9.17) is 16.6 Å².